The van der Waals surface area contributed by atoms with Crippen molar-refractivity contribution in [2.24, 2.45) is 0 Å². The predicted molar refractivity (Wildman–Crippen MR) is 98.7 cm³/mol. The first-order valence-electron chi connectivity index (χ1n) is 8.25. The zero-order valence-corrected chi connectivity index (χ0v) is 14.9. The van der Waals surface area contributed by atoms with Crippen molar-refractivity contribution in [2.75, 3.05) is 25.0 Å². The van der Waals surface area contributed by atoms with Crippen molar-refractivity contribution in [3.05, 3.63) is 59.7 Å². The number of para-hydroxylation sites is 1. The highest BCUT2D eigenvalue weighted by molar-refractivity contribution is 5.80. The Bertz CT molecular complexity index is 671. The normalized spacial score (nSPS) is 11.7. The van der Waals surface area contributed by atoms with E-state index >= 15 is 0 Å². The molecule has 0 spiro atoms. The van der Waals surface area contributed by atoms with Crippen LogP contribution in [0.25, 0.3) is 0 Å². The zero-order chi connectivity index (χ0) is 17.5. The Hall–Kier alpha value is -2.49. The van der Waals surface area contributed by atoms with Gasteiger partial charge in [-0.25, -0.2) is 0 Å². The second kappa shape index (κ2) is 8.39. The van der Waals surface area contributed by atoms with Crippen molar-refractivity contribution in [3.63, 3.8) is 0 Å². The molecule has 0 aliphatic rings. The van der Waals surface area contributed by atoms with Gasteiger partial charge in [-0.1, -0.05) is 30.3 Å². The lowest BCUT2D eigenvalue weighted by molar-refractivity contribution is -0.127. The van der Waals surface area contributed by atoms with Crippen molar-refractivity contribution in [1.82, 2.24) is 5.32 Å². The minimum Gasteiger partial charge on any atom is -0.481 e. The number of aryl methyl sites for hydroxylation is 2. The highest BCUT2D eigenvalue weighted by Gasteiger charge is 2.15. The lowest BCUT2D eigenvalue weighted by atomic mass is 10.1. The highest BCUT2D eigenvalue weighted by Crippen LogP contribution is 2.20. The number of nitrogens with zero attached hydrogens (tertiary/aromatic N) is 1. The van der Waals surface area contributed by atoms with Crippen molar-refractivity contribution >= 4 is 11.6 Å². The minimum absolute atomic E-state index is 0.0997. The summed E-state index contributed by atoms with van der Waals surface area (Å²) < 4.78 is 5.80. The number of nitrogens with one attached hydrogen (secondary N) is 1. The largest absolute Gasteiger partial charge is 0.481 e. The van der Waals surface area contributed by atoms with Crippen molar-refractivity contribution < 1.29 is 9.53 Å². The molecule has 1 amide bonds. The molecule has 2 aromatic rings. The van der Waals surface area contributed by atoms with E-state index in [4.69, 9.17) is 4.74 Å². The van der Waals surface area contributed by atoms with Crippen LogP contribution in [0.1, 0.15) is 18.1 Å². The number of anilines is 1. The molecule has 1 atom stereocenters. The summed E-state index contributed by atoms with van der Waals surface area (Å²) in [5.41, 5.74) is 3.28. The smallest absolute Gasteiger partial charge is 0.260 e. The van der Waals surface area contributed by atoms with E-state index in [1.165, 1.54) is 0 Å². The van der Waals surface area contributed by atoms with E-state index in [1.807, 2.05) is 69.4 Å². The van der Waals surface area contributed by atoms with Crippen LogP contribution in [0.5, 0.6) is 5.75 Å². The maximum Gasteiger partial charge on any atom is 0.260 e. The second-order valence-corrected chi connectivity index (χ2v) is 6.08. The molecule has 4 heteroatoms. The Balaban J connectivity index is 1.80. The second-order valence-electron chi connectivity index (χ2n) is 6.08. The Morgan fingerprint density at radius 2 is 1.88 bits per heavy atom. The van der Waals surface area contributed by atoms with Gasteiger partial charge in [-0.05, 0) is 50.1 Å². The predicted octanol–water partition coefficient (Wildman–Crippen LogP) is 3.32. The standard InChI is InChI=1S/C20H26N2O2/c1-15-10-11-16(2)19(14-15)24-17(3)20(23)21-12-13-22(4)18-8-6-5-7-9-18/h5-11,14,17H,12-13H2,1-4H3,(H,21,23)/t17-/m0/s1. The maximum atomic E-state index is 12.2. The molecule has 24 heavy (non-hydrogen) atoms. The van der Waals surface area contributed by atoms with Crippen molar-refractivity contribution in [2.45, 2.75) is 26.9 Å². The highest BCUT2D eigenvalue weighted by atomic mass is 16.5. The number of carbonyl (C=O) groups excluding carboxylic acids is 1. The summed E-state index contributed by atoms with van der Waals surface area (Å²) >= 11 is 0. The molecular formula is C20H26N2O2. The van der Waals surface area contributed by atoms with Crippen LogP contribution in [-0.4, -0.2) is 32.1 Å². The van der Waals surface area contributed by atoms with Crippen LogP contribution in [0.2, 0.25) is 0 Å². The van der Waals surface area contributed by atoms with Gasteiger partial charge in [0.25, 0.3) is 5.91 Å². The van der Waals surface area contributed by atoms with Crippen molar-refractivity contribution in [3.8, 4) is 5.75 Å². The molecule has 4 nitrogen and oxygen atoms in total. The number of rotatable bonds is 7. The summed E-state index contributed by atoms with van der Waals surface area (Å²) in [6.45, 7) is 7.08. The molecule has 0 heterocycles. The first-order valence-corrected chi connectivity index (χ1v) is 8.25. The van der Waals surface area contributed by atoms with Crippen LogP contribution >= 0.6 is 0 Å². The monoisotopic (exact) mass is 326 g/mol. The maximum absolute atomic E-state index is 12.2. The number of amides is 1. The molecule has 128 valence electrons. The summed E-state index contributed by atoms with van der Waals surface area (Å²) in [5, 5.41) is 2.93. The molecule has 0 aromatic heterocycles. The molecule has 0 unspecified atom stereocenters. The lowest BCUT2D eigenvalue weighted by Gasteiger charge is -2.21. The van der Waals surface area contributed by atoms with E-state index in [2.05, 4.69) is 10.2 Å². The average Bonchev–Trinajstić information content (AvgIpc) is 2.58. The molecule has 0 radical (unpaired) electrons. The number of likely N-dealkylation sites (N-methyl/N-ethyl adjacent to an activating group) is 1. The molecule has 0 fully saturated rings. The third-order valence-corrected chi connectivity index (χ3v) is 3.96. The Kier molecular flexibility index (Phi) is 6.24. The molecule has 2 rings (SSSR count). The topological polar surface area (TPSA) is 41.6 Å². The van der Waals surface area contributed by atoms with E-state index < -0.39 is 6.10 Å². The Morgan fingerprint density at radius 3 is 2.58 bits per heavy atom. The van der Waals surface area contributed by atoms with Gasteiger partial charge in [-0.15, -0.1) is 0 Å². The van der Waals surface area contributed by atoms with Gasteiger partial charge in [0.15, 0.2) is 6.10 Å². The van der Waals surface area contributed by atoms with Gasteiger partial charge in [0.1, 0.15) is 5.75 Å². The van der Waals surface area contributed by atoms with E-state index in [1.54, 1.807) is 6.92 Å². The van der Waals surface area contributed by atoms with Crippen molar-refractivity contribution in [1.29, 1.82) is 0 Å². The van der Waals surface area contributed by atoms with Crippen LogP contribution in [0, 0.1) is 13.8 Å². The number of carbonyl (C=O) groups is 1. The molecule has 1 N–H and O–H groups in total. The number of ether oxygens (including phenoxy) is 1. The fraction of sp³-hybridized carbons (Fsp3) is 0.350. The Morgan fingerprint density at radius 1 is 1.17 bits per heavy atom. The third kappa shape index (κ3) is 5.01. The molecule has 0 saturated heterocycles. The molecule has 0 saturated carbocycles. The number of hydrogen-bond donors (Lipinski definition) is 1. The molecule has 0 aliphatic heterocycles. The first kappa shape index (κ1) is 17.9. The van der Waals surface area contributed by atoms with Crippen LogP contribution < -0.4 is 15.0 Å². The third-order valence-electron chi connectivity index (χ3n) is 3.96. The van der Waals surface area contributed by atoms with Gasteiger partial charge < -0.3 is 15.0 Å². The van der Waals surface area contributed by atoms with Gasteiger partial charge >= 0.3 is 0 Å². The van der Waals surface area contributed by atoms with Gasteiger partial charge in [-0.3, -0.25) is 4.79 Å². The minimum atomic E-state index is -0.521. The van der Waals surface area contributed by atoms with E-state index in [-0.39, 0.29) is 5.91 Å². The quantitative estimate of drug-likeness (QED) is 0.848. The van der Waals surface area contributed by atoms with Gasteiger partial charge in [-0.2, -0.15) is 0 Å². The van der Waals surface area contributed by atoms with E-state index in [9.17, 15) is 4.79 Å². The molecule has 0 bridgehead atoms. The summed E-state index contributed by atoms with van der Waals surface area (Å²) in [7, 11) is 2.01. The average molecular weight is 326 g/mol. The fourth-order valence-electron chi connectivity index (χ4n) is 2.38. The van der Waals surface area contributed by atoms with Crippen LogP contribution in [0.4, 0.5) is 5.69 Å². The summed E-state index contributed by atoms with van der Waals surface area (Å²) in [5.74, 6) is 0.663. The summed E-state index contributed by atoms with van der Waals surface area (Å²) in [4.78, 5) is 14.3. The number of hydrogen-bond acceptors (Lipinski definition) is 3. The van der Waals surface area contributed by atoms with Gasteiger partial charge in [0.05, 0.1) is 0 Å². The SMILES string of the molecule is Cc1ccc(C)c(O[C@@H](C)C(=O)NCCN(C)c2ccccc2)c1. The first-order chi connectivity index (χ1) is 11.5. The summed E-state index contributed by atoms with van der Waals surface area (Å²) in [6, 6.07) is 16.1. The van der Waals surface area contributed by atoms with Gasteiger partial charge in [0, 0.05) is 25.8 Å². The van der Waals surface area contributed by atoms with Crippen LogP contribution in [0.3, 0.4) is 0 Å². The van der Waals surface area contributed by atoms with Crippen LogP contribution in [-0.2, 0) is 4.79 Å². The lowest BCUT2D eigenvalue weighted by Crippen LogP contribution is -2.40. The van der Waals surface area contributed by atoms with E-state index in [0.717, 1.165) is 29.1 Å². The molecule has 2 aromatic carbocycles. The molecular weight excluding hydrogens is 300 g/mol. The van der Waals surface area contributed by atoms with E-state index in [0.29, 0.717) is 6.54 Å². The molecule has 0 aliphatic carbocycles. The zero-order valence-electron chi connectivity index (χ0n) is 14.9. The summed E-state index contributed by atoms with van der Waals surface area (Å²) in [6.07, 6.45) is -0.521. The van der Waals surface area contributed by atoms with Crippen LogP contribution in [0.15, 0.2) is 48.5 Å². The Labute approximate surface area is 144 Å². The van der Waals surface area contributed by atoms with Gasteiger partial charge in [0.2, 0.25) is 0 Å². The fourth-order valence-corrected chi connectivity index (χ4v) is 2.38. The number of benzene rings is 2.